The molecule has 1 aromatic heterocycles. The second kappa shape index (κ2) is 7.01. The van der Waals surface area contributed by atoms with Gasteiger partial charge in [-0.2, -0.15) is 0 Å². The normalized spacial score (nSPS) is 17.1. The third kappa shape index (κ3) is 3.27. The van der Waals surface area contributed by atoms with E-state index in [1.807, 2.05) is 61.5 Å². The minimum absolute atomic E-state index is 0.179. The van der Waals surface area contributed by atoms with Crippen LogP contribution in [0.25, 0.3) is 11.1 Å². The van der Waals surface area contributed by atoms with Gasteiger partial charge in [0.2, 0.25) is 11.8 Å². The molecule has 0 spiro atoms. The lowest BCUT2D eigenvalue weighted by Gasteiger charge is -2.15. The van der Waals surface area contributed by atoms with Crippen LogP contribution in [-0.2, 0) is 9.59 Å². The first-order chi connectivity index (χ1) is 12.6. The molecule has 2 heterocycles. The molecule has 1 atom stereocenters. The molecule has 0 radical (unpaired) electrons. The average Bonchev–Trinajstić information content (AvgIpc) is 3.19. The van der Waals surface area contributed by atoms with E-state index in [9.17, 15) is 9.59 Å². The number of carbonyl (C=O) groups excluding carboxylic acids is 2. The molecule has 2 amide bonds. The summed E-state index contributed by atoms with van der Waals surface area (Å²) in [6, 6.07) is 17.5. The van der Waals surface area contributed by atoms with Crippen LogP contribution in [0.3, 0.4) is 0 Å². The molecule has 3 aromatic rings. The molecule has 0 saturated carbocycles. The second-order valence-corrected chi connectivity index (χ2v) is 8.51. The molecule has 1 saturated heterocycles. The Bertz CT molecular complexity index is 954. The molecule has 4 rings (SSSR count). The van der Waals surface area contributed by atoms with Crippen molar-refractivity contribution in [2.45, 2.75) is 22.9 Å². The maximum atomic E-state index is 12.7. The maximum absolute atomic E-state index is 12.7. The Kier molecular flexibility index (Phi) is 4.57. The number of aryl methyl sites for hydroxylation is 1. The Balaban J connectivity index is 1.53. The Morgan fingerprint density at radius 3 is 2.35 bits per heavy atom. The number of hydrogen-bond donors (Lipinski definition) is 0. The number of hydrogen-bond acceptors (Lipinski definition) is 6. The molecule has 130 valence electrons. The molecule has 26 heavy (non-hydrogen) atoms. The first-order valence-electron chi connectivity index (χ1n) is 8.11. The van der Waals surface area contributed by atoms with Gasteiger partial charge in [-0.05, 0) is 30.2 Å². The van der Waals surface area contributed by atoms with Gasteiger partial charge in [0.25, 0.3) is 0 Å². The standard InChI is InChI=1S/C19H15N3O2S2/c1-12-20-21-19(25-12)26-16-11-17(23)22(18(16)24)15-9-7-14(8-10-15)13-5-3-2-4-6-13/h2-10,16H,11H2,1H3. The highest BCUT2D eigenvalue weighted by Gasteiger charge is 2.40. The van der Waals surface area contributed by atoms with Crippen molar-refractivity contribution in [3.05, 3.63) is 59.6 Å². The van der Waals surface area contributed by atoms with Crippen molar-refractivity contribution in [1.82, 2.24) is 10.2 Å². The van der Waals surface area contributed by atoms with Gasteiger partial charge in [-0.15, -0.1) is 10.2 Å². The van der Waals surface area contributed by atoms with Crippen LogP contribution in [0.2, 0.25) is 0 Å². The van der Waals surface area contributed by atoms with Crippen molar-refractivity contribution < 1.29 is 9.59 Å². The first-order valence-corrected chi connectivity index (χ1v) is 9.80. The fourth-order valence-electron chi connectivity index (χ4n) is 2.85. The topological polar surface area (TPSA) is 63.2 Å². The summed E-state index contributed by atoms with van der Waals surface area (Å²) < 4.78 is 0.718. The van der Waals surface area contributed by atoms with Crippen LogP contribution in [0.5, 0.6) is 0 Å². The van der Waals surface area contributed by atoms with Crippen LogP contribution >= 0.6 is 23.1 Å². The van der Waals surface area contributed by atoms with E-state index in [1.165, 1.54) is 28.0 Å². The number of nitrogens with zero attached hydrogens (tertiary/aromatic N) is 3. The summed E-state index contributed by atoms with van der Waals surface area (Å²) in [5, 5.41) is 8.39. The molecule has 0 N–H and O–H groups in total. The summed E-state index contributed by atoms with van der Waals surface area (Å²) in [6.07, 6.45) is 0.183. The van der Waals surface area contributed by atoms with E-state index in [-0.39, 0.29) is 18.2 Å². The average molecular weight is 381 g/mol. The summed E-state index contributed by atoms with van der Waals surface area (Å²) in [4.78, 5) is 26.4. The molecular formula is C19H15N3O2S2. The van der Waals surface area contributed by atoms with Gasteiger partial charge < -0.3 is 0 Å². The van der Waals surface area contributed by atoms with E-state index < -0.39 is 5.25 Å². The van der Waals surface area contributed by atoms with Crippen molar-refractivity contribution in [3.63, 3.8) is 0 Å². The minimum Gasteiger partial charge on any atom is -0.274 e. The summed E-state index contributed by atoms with van der Waals surface area (Å²) >= 11 is 2.75. The van der Waals surface area contributed by atoms with Crippen molar-refractivity contribution in [1.29, 1.82) is 0 Å². The quantitative estimate of drug-likeness (QED) is 0.641. The number of thioether (sulfide) groups is 1. The van der Waals surface area contributed by atoms with Crippen LogP contribution in [0.4, 0.5) is 5.69 Å². The molecule has 1 aliphatic rings. The maximum Gasteiger partial charge on any atom is 0.247 e. The number of anilines is 1. The van der Waals surface area contributed by atoms with E-state index >= 15 is 0 Å². The van der Waals surface area contributed by atoms with Gasteiger partial charge in [0.05, 0.1) is 5.69 Å². The van der Waals surface area contributed by atoms with Crippen LogP contribution in [0, 0.1) is 6.92 Å². The Morgan fingerprint density at radius 2 is 1.69 bits per heavy atom. The zero-order valence-electron chi connectivity index (χ0n) is 14.0. The van der Waals surface area contributed by atoms with Crippen molar-refractivity contribution in [2.24, 2.45) is 0 Å². The van der Waals surface area contributed by atoms with Gasteiger partial charge in [-0.1, -0.05) is 65.6 Å². The summed E-state index contributed by atoms with van der Waals surface area (Å²) in [5.74, 6) is -0.374. The van der Waals surface area contributed by atoms with Crippen molar-refractivity contribution in [3.8, 4) is 11.1 Å². The summed E-state index contributed by atoms with van der Waals surface area (Å²) in [7, 11) is 0. The smallest absolute Gasteiger partial charge is 0.247 e. The van der Waals surface area contributed by atoms with Crippen LogP contribution < -0.4 is 4.90 Å². The fraction of sp³-hybridized carbons (Fsp3) is 0.158. The zero-order valence-corrected chi connectivity index (χ0v) is 15.6. The highest BCUT2D eigenvalue weighted by molar-refractivity contribution is 8.02. The minimum atomic E-state index is -0.441. The molecule has 1 unspecified atom stereocenters. The molecule has 2 aromatic carbocycles. The first kappa shape index (κ1) is 16.9. The number of carbonyl (C=O) groups is 2. The summed E-state index contributed by atoms with van der Waals surface area (Å²) in [6.45, 7) is 1.87. The molecular weight excluding hydrogens is 366 g/mol. The predicted octanol–water partition coefficient (Wildman–Crippen LogP) is 3.94. The van der Waals surface area contributed by atoms with E-state index in [1.54, 1.807) is 0 Å². The van der Waals surface area contributed by atoms with E-state index in [2.05, 4.69) is 10.2 Å². The number of benzene rings is 2. The highest BCUT2D eigenvalue weighted by Crippen LogP contribution is 2.35. The van der Waals surface area contributed by atoms with E-state index in [0.717, 1.165) is 20.5 Å². The number of amides is 2. The highest BCUT2D eigenvalue weighted by atomic mass is 32.2. The van der Waals surface area contributed by atoms with E-state index in [0.29, 0.717) is 5.69 Å². The molecule has 1 fully saturated rings. The van der Waals surface area contributed by atoms with Crippen molar-refractivity contribution >= 4 is 40.6 Å². The number of rotatable bonds is 4. The number of imide groups is 1. The molecule has 1 aliphatic heterocycles. The van der Waals surface area contributed by atoms with Gasteiger partial charge >= 0.3 is 0 Å². The van der Waals surface area contributed by atoms with Gasteiger partial charge in [-0.25, -0.2) is 4.90 Å². The third-order valence-electron chi connectivity index (χ3n) is 4.09. The number of aromatic nitrogens is 2. The van der Waals surface area contributed by atoms with Crippen LogP contribution in [-0.4, -0.2) is 27.3 Å². The Morgan fingerprint density at radius 1 is 1.00 bits per heavy atom. The Labute approximate surface area is 159 Å². The largest absolute Gasteiger partial charge is 0.274 e. The van der Waals surface area contributed by atoms with Gasteiger partial charge in [-0.3, -0.25) is 9.59 Å². The summed E-state index contributed by atoms with van der Waals surface area (Å²) in [5.41, 5.74) is 2.75. The lowest BCUT2D eigenvalue weighted by Crippen LogP contribution is -2.31. The predicted molar refractivity (Wildman–Crippen MR) is 103 cm³/mol. The van der Waals surface area contributed by atoms with Gasteiger partial charge in [0.1, 0.15) is 10.3 Å². The SMILES string of the molecule is Cc1nnc(SC2CC(=O)N(c3ccc(-c4ccccc4)cc3)C2=O)s1. The third-order valence-corrected chi connectivity index (χ3v) is 6.20. The van der Waals surface area contributed by atoms with Crippen LogP contribution in [0.15, 0.2) is 58.9 Å². The van der Waals surface area contributed by atoms with E-state index in [4.69, 9.17) is 0 Å². The second-order valence-electron chi connectivity index (χ2n) is 5.88. The van der Waals surface area contributed by atoms with Gasteiger partial charge in [0.15, 0.2) is 4.34 Å². The van der Waals surface area contributed by atoms with Crippen molar-refractivity contribution in [2.75, 3.05) is 4.90 Å². The Hall–Kier alpha value is -2.51. The lowest BCUT2D eigenvalue weighted by molar-refractivity contribution is -0.121. The van der Waals surface area contributed by atoms with Gasteiger partial charge in [0, 0.05) is 6.42 Å². The molecule has 5 nitrogen and oxygen atoms in total. The molecule has 0 aliphatic carbocycles. The molecule has 0 bridgehead atoms. The molecule has 7 heteroatoms. The lowest BCUT2D eigenvalue weighted by atomic mass is 10.1. The fourth-order valence-corrected chi connectivity index (χ4v) is 4.93. The monoisotopic (exact) mass is 381 g/mol. The van der Waals surface area contributed by atoms with Crippen LogP contribution in [0.1, 0.15) is 11.4 Å². The zero-order chi connectivity index (χ0) is 18.1.